The van der Waals surface area contributed by atoms with Crippen molar-refractivity contribution in [3.05, 3.63) is 11.9 Å². The Labute approximate surface area is 52.3 Å². The highest BCUT2D eigenvalue weighted by atomic mass is 15.1. The van der Waals surface area contributed by atoms with E-state index < -0.39 is 0 Å². The smallest absolute Gasteiger partial charge is 0.0789 e. The second-order valence-electron chi connectivity index (χ2n) is 1.64. The van der Waals surface area contributed by atoms with Gasteiger partial charge in [-0.15, -0.1) is 0 Å². The molecule has 0 amide bonds. The molecular formula is C5H6N4. The van der Waals surface area contributed by atoms with Gasteiger partial charge in [0.2, 0.25) is 0 Å². The third-order valence-electron chi connectivity index (χ3n) is 1.01. The van der Waals surface area contributed by atoms with Crippen LogP contribution >= 0.6 is 0 Å². The van der Waals surface area contributed by atoms with E-state index >= 15 is 0 Å². The van der Waals surface area contributed by atoms with Crippen LogP contribution in [0.2, 0.25) is 0 Å². The maximum Gasteiger partial charge on any atom is 0.0789 e. The molecule has 0 unspecified atom stereocenters. The van der Waals surface area contributed by atoms with Crippen LogP contribution in [0.5, 0.6) is 0 Å². The van der Waals surface area contributed by atoms with Gasteiger partial charge in [0, 0.05) is 0 Å². The number of nitrogens with one attached hydrogen (secondary N) is 1. The zero-order chi connectivity index (χ0) is 6.69. The Kier molecular flexibility index (Phi) is 1.36. The number of nitrogens with two attached hydrogens (primary N) is 1. The van der Waals surface area contributed by atoms with Crippen molar-refractivity contribution in [2.75, 3.05) is 5.73 Å². The minimum absolute atomic E-state index is 0.297. The molecule has 4 nitrogen and oxygen atoms in total. The van der Waals surface area contributed by atoms with Crippen molar-refractivity contribution in [2.24, 2.45) is 0 Å². The SMILES string of the molecule is N#CCc1[nH]ncc1N. The summed E-state index contributed by atoms with van der Waals surface area (Å²) < 4.78 is 0. The molecule has 0 fully saturated rings. The molecule has 46 valence electrons. The van der Waals surface area contributed by atoms with Crippen molar-refractivity contribution < 1.29 is 0 Å². The molecule has 0 bridgehead atoms. The van der Waals surface area contributed by atoms with Crippen molar-refractivity contribution in [1.82, 2.24) is 10.2 Å². The van der Waals surface area contributed by atoms with E-state index in [2.05, 4.69) is 10.2 Å². The zero-order valence-electron chi connectivity index (χ0n) is 4.76. The monoisotopic (exact) mass is 122 g/mol. The molecule has 0 spiro atoms. The lowest BCUT2D eigenvalue weighted by Crippen LogP contribution is -1.89. The number of aromatic nitrogens is 2. The first-order valence-corrected chi connectivity index (χ1v) is 2.49. The number of aromatic amines is 1. The summed E-state index contributed by atoms with van der Waals surface area (Å²) in [7, 11) is 0. The molecule has 0 radical (unpaired) electrons. The van der Waals surface area contributed by atoms with E-state index in [1.165, 1.54) is 6.20 Å². The summed E-state index contributed by atoms with van der Waals surface area (Å²) in [4.78, 5) is 0. The van der Waals surface area contributed by atoms with E-state index in [-0.39, 0.29) is 0 Å². The minimum atomic E-state index is 0.297. The number of nitrogens with zero attached hydrogens (tertiary/aromatic N) is 2. The Balaban J connectivity index is 2.84. The molecule has 3 N–H and O–H groups in total. The molecule has 0 aromatic carbocycles. The number of anilines is 1. The highest BCUT2D eigenvalue weighted by Gasteiger charge is 1.97. The van der Waals surface area contributed by atoms with E-state index in [0.29, 0.717) is 17.8 Å². The summed E-state index contributed by atoms with van der Waals surface area (Å²) in [6, 6.07) is 1.96. The minimum Gasteiger partial charge on any atom is -0.396 e. The fraction of sp³-hybridized carbons (Fsp3) is 0.200. The average Bonchev–Trinajstić information content (AvgIpc) is 2.18. The molecule has 0 aliphatic rings. The molecule has 1 aromatic rings. The summed E-state index contributed by atoms with van der Waals surface area (Å²) >= 11 is 0. The van der Waals surface area contributed by atoms with Gasteiger partial charge >= 0.3 is 0 Å². The van der Waals surface area contributed by atoms with Gasteiger partial charge in [-0.2, -0.15) is 10.4 Å². The first-order chi connectivity index (χ1) is 4.34. The summed E-state index contributed by atoms with van der Waals surface area (Å²) in [5.41, 5.74) is 6.63. The predicted octanol–water partition coefficient (Wildman–Crippen LogP) is 0.0580. The molecule has 1 heterocycles. The number of hydrogen-bond acceptors (Lipinski definition) is 3. The number of rotatable bonds is 1. The first-order valence-electron chi connectivity index (χ1n) is 2.49. The quantitative estimate of drug-likeness (QED) is 0.552. The van der Waals surface area contributed by atoms with Gasteiger partial charge in [0.25, 0.3) is 0 Å². The van der Waals surface area contributed by atoms with Crippen molar-refractivity contribution in [3.63, 3.8) is 0 Å². The topological polar surface area (TPSA) is 78.5 Å². The van der Waals surface area contributed by atoms with Crippen molar-refractivity contribution >= 4 is 5.69 Å². The van der Waals surface area contributed by atoms with Crippen LogP contribution in [0, 0.1) is 11.3 Å². The number of nitrogen functional groups attached to an aromatic ring is 1. The second-order valence-corrected chi connectivity index (χ2v) is 1.64. The van der Waals surface area contributed by atoms with Crippen molar-refractivity contribution in [2.45, 2.75) is 6.42 Å². The van der Waals surface area contributed by atoms with Gasteiger partial charge in [-0.05, 0) is 0 Å². The Hall–Kier alpha value is -1.50. The molecule has 0 atom stereocenters. The molecule has 9 heavy (non-hydrogen) atoms. The Morgan fingerprint density at radius 1 is 1.89 bits per heavy atom. The van der Waals surface area contributed by atoms with E-state index in [9.17, 15) is 0 Å². The molecule has 0 aliphatic heterocycles. The van der Waals surface area contributed by atoms with Gasteiger partial charge in [-0.1, -0.05) is 0 Å². The third kappa shape index (κ3) is 0.995. The number of hydrogen-bond donors (Lipinski definition) is 2. The molecule has 1 aromatic heterocycles. The van der Waals surface area contributed by atoms with Gasteiger partial charge < -0.3 is 5.73 Å². The lowest BCUT2D eigenvalue weighted by atomic mass is 10.3. The summed E-state index contributed by atoms with van der Waals surface area (Å²) in [6.45, 7) is 0. The van der Waals surface area contributed by atoms with Gasteiger partial charge in [-0.25, -0.2) is 0 Å². The average molecular weight is 122 g/mol. The number of H-pyrrole nitrogens is 1. The molecule has 0 saturated heterocycles. The second kappa shape index (κ2) is 2.18. The highest BCUT2D eigenvalue weighted by molar-refractivity contribution is 5.41. The summed E-state index contributed by atoms with van der Waals surface area (Å²) in [6.07, 6.45) is 1.79. The third-order valence-corrected chi connectivity index (χ3v) is 1.01. The van der Waals surface area contributed by atoms with Crippen LogP contribution in [-0.4, -0.2) is 10.2 Å². The van der Waals surface area contributed by atoms with Crippen LogP contribution < -0.4 is 5.73 Å². The van der Waals surface area contributed by atoms with Crippen LogP contribution in [0.4, 0.5) is 5.69 Å². The van der Waals surface area contributed by atoms with Crippen LogP contribution in [0.1, 0.15) is 5.69 Å². The zero-order valence-corrected chi connectivity index (χ0v) is 4.76. The fourth-order valence-corrected chi connectivity index (χ4v) is 0.543. The van der Waals surface area contributed by atoms with Crippen LogP contribution in [0.25, 0.3) is 0 Å². The van der Waals surface area contributed by atoms with Gasteiger partial charge in [-0.3, -0.25) is 5.10 Å². The lowest BCUT2D eigenvalue weighted by Gasteiger charge is -1.85. The maximum atomic E-state index is 8.21. The first kappa shape index (κ1) is 5.63. The maximum absolute atomic E-state index is 8.21. The predicted molar refractivity (Wildman–Crippen MR) is 32.3 cm³/mol. The van der Waals surface area contributed by atoms with Crippen molar-refractivity contribution in [1.29, 1.82) is 5.26 Å². The molecular weight excluding hydrogens is 116 g/mol. The van der Waals surface area contributed by atoms with Gasteiger partial charge in [0.15, 0.2) is 0 Å². The Morgan fingerprint density at radius 3 is 3.11 bits per heavy atom. The summed E-state index contributed by atoms with van der Waals surface area (Å²) in [5, 5.41) is 14.5. The van der Waals surface area contributed by atoms with E-state index in [4.69, 9.17) is 11.0 Å². The highest BCUT2D eigenvalue weighted by Crippen LogP contribution is 2.04. The van der Waals surface area contributed by atoms with Crippen LogP contribution in [-0.2, 0) is 6.42 Å². The molecule has 4 heteroatoms. The summed E-state index contributed by atoms with van der Waals surface area (Å²) in [5.74, 6) is 0. The Morgan fingerprint density at radius 2 is 2.67 bits per heavy atom. The van der Waals surface area contributed by atoms with E-state index in [0.717, 1.165) is 0 Å². The Bertz CT molecular complexity index is 231. The largest absolute Gasteiger partial charge is 0.396 e. The van der Waals surface area contributed by atoms with Gasteiger partial charge in [0.05, 0.1) is 30.1 Å². The standard InChI is InChI=1S/C5H6N4/c6-2-1-5-4(7)3-8-9-5/h3H,1,7H2,(H,8,9). The van der Waals surface area contributed by atoms with E-state index in [1.807, 2.05) is 6.07 Å². The van der Waals surface area contributed by atoms with Crippen LogP contribution in [0.3, 0.4) is 0 Å². The van der Waals surface area contributed by atoms with Crippen LogP contribution in [0.15, 0.2) is 6.20 Å². The van der Waals surface area contributed by atoms with E-state index in [1.54, 1.807) is 0 Å². The number of nitriles is 1. The normalized spacial score (nSPS) is 8.78. The molecule has 0 aliphatic carbocycles. The molecule has 1 rings (SSSR count). The molecule has 0 saturated carbocycles. The van der Waals surface area contributed by atoms with Crippen molar-refractivity contribution in [3.8, 4) is 6.07 Å². The fourth-order valence-electron chi connectivity index (χ4n) is 0.543. The lowest BCUT2D eigenvalue weighted by molar-refractivity contribution is 1.02. The van der Waals surface area contributed by atoms with Gasteiger partial charge in [0.1, 0.15) is 0 Å².